The maximum absolute atomic E-state index is 13.4. The number of carbonyl (C=O) groups is 2. The smallest absolute Gasteiger partial charge is 0.247 e. The van der Waals surface area contributed by atoms with E-state index in [1.165, 1.54) is 24.1 Å². The molecule has 0 saturated carbocycles. The van der Waals surface area contributed by atoms with Crippen molar-refractivity contribution < 1.29 is 27.8 Å². The molecule has 1 aliphatic rings. The first-order chi connectivity index (χ1) is 12.9. The summed E-state index contributed by atoms with van der Waals surface area (Å²) in [6.45, 7) is 0. The Labute approximate surface area is 154 Å². The van der Waals surface area contributed by atoms with Crippen molar-refractivity contribution in [2.24, 2.45) is 0 Å². The molecular weight excluding hydrogens is 358 g/mol. The lowest BCUT2D eigenvalue weighted by Crippen LogP contribution is -2.38. The number of carbonyl (C=O) groups excluding carboxylic acids is 2. The van der Waals surface area contributed by atoms with Crippen LogP contribution < -0.4 is 14.8 Å². The summed E-state index contributed by atoms with van der Waals surface area (Å²) in [5, 5.41) is 2.73. The Bertz CT molecular complexity index is 888. The minimum Gasteiger partial charge on any atom is -0.497 e. The van der Waals surface area contributed by atoms with Gasteiger partial charge in [-0.05, 0) is 18.6 Å². The lowest BCUT2D eigenvalue weighted by molar-refractivity contribution is -0.131. The molecule has 2 aromatic carbocycles. The van der Waals surface area contributed by atoms with Gasteiger partial charge in [0.15, 0.2) is 11.6 Å². The Morgan fingerprint density at radius 2 is 1.85 bits per heavy atom. The zero-order chi connectivity index (χ0) is 19.6. The molecule has 27 heavy (non-hydrogen) atoms. The van der Waals surface area contributed by atoms with Gasteiger partial charge in [0.2, 0.25) is 11.8 Å². The Morgan fingerprint density at radius 1 is 1.11 bits per heavy atom. The molecule has 1 unspecified atom stereocenters. The SMILES string of the molecule is COc1cc(NC(=O)C2CCC(=O)N2C)cc(Oc2ccc(F)c(F)c2)c1. The van der Waals surface area contributed by atoms with Crippen molar-refractivity contribution in [3.8, 4) is 17.2 Å². The van der Waals surface area contributed by atoms with Gasteiger partial charge >= 0.3 is 0 Å². The highest BCUT2D eigenvalue weighted by Crippen LogP contribution is 2.31. The van der Waals surface area contributed by atoms with Crippen molar-refractivity contribution >= 4 is 17.5 Å². The molecule has 3 rings (SSSR count). The average molecular weight is 376 g/mol. The van der Waals surface area contributed by atoms with Gasteiger partial charge in [-0.15, -0.1) is 0 Å². The number of nitrogens with one attached hydrogen (secondary N) is 1. The lowest BCUT2D eigenvalue weighted by Gasteiger charge is -2.19. The molecule has 1 aliphatic heterocycles. The van der Waals surface area contributed by atoms with E-state index in [4.69, 9.17) is 9.47 Å². The number of halogens is 2. The van der Waals surface area contributed by atoms with Crippen LogP contribution in [0.15, 0.2) is 36.4 Å². The molecular formula is C19H18F2N2O4. The molecule has 1 atom stereocenters. The Morgan fingerprint density at radius 3 is 2.48 bits per heavy atom. The van der Waals surface area contributed by atoms with Gasteiger partial charge in [0, 0.05) is 43.4 Å². The summed E-state index contributed by atoms with van der Waals surface area (Å²) in [6, 6.07) is 7.29. The third-order valence-corrected chi connectivity index (χ3v) is 4.31. The van der Waals surface area contributed by atoms with E-state index >= 15 is 0 Å². The van der Waals surface area contributed by atoms with Gasteiger partial charge < -0.3 is 19.7 Å². The Balaban J connectivity index is 1.79. The predicted molar refractivity (Wildman–Crippen MR) is 93.8 cm³/mol. The fourth-order valence-corrected chi connectivity index (χ4v) is 2.83. The molecule has 0 spiro atoms. The fourth-order valence-electron chi connectivity index (χ4n) is 2.83. The van der Waals surface area contributed by atoms with E-state index in [1.54, 1.807) is 19.2 Å². The third-order valence-electron chi connectivity index (χ3n) is 4.31. The van der Waals surface area contributed by atoms with Crippen molar-refractivity contribution in [1.82, 2.24) is 4.90 Å². The minimum absolute atomic E-state index is 0.0804. The summed E-state index contributed by atoms with van der Waals surface area (Å²) in [5.74, 6) is -1.64. The second kappa shape index (κ2) is 7.61. The van der Waals surface area contributed by atoms with Crippen molar-refractivity contribution in [2.45, 2.75) is 18.9 Å². The van der Waals surface area contributed by atoms with Crippen molar-refractivity contribution in [3.63, 3.8) is 0 Å². The predicted octanol–water partition coefficient (Wildman–Crippen LogP) is 3.33. The fraction of sp³-hybridized carbons (Fsp3) is 0.263. The van der Waals surface area contributed by atoms with Crippen LogP contribution in [0.4, 0.5) is 14.5 Å². The standard InChI is InChI=1S/C19H18F2N2O4/c1-23-17(5-6-18(23)24)19(25)22-11-7-13(26-2)9-14(8-11)27-12-3-4-15(20)16(21)10-12/h3-4,7-10,17H,5-6H2,1-2H3,(H,22,25). The van der Waals surface area contributed by atoms with Gasteiger partial charge in [-0.2, -0.15) is 0 Å². The molecule has 2 amide bonds. The van der Waals surface area contributed by atoms with E-state index in [1.807, 2.05) is 0 Å². The van der Waals surface area contributed by atoms with Gasteiger partial charge in [0.05, 0.1) is 7.11 Å². The van der Waals surface area contributed by atoms with E-state index in [0.717, 1.165) is 12.1 Å². The minimum atomic E-state index is -1.03. The zero-order valence-electron chi connectivity index (χ0n) is 14.8. The van der Waals surface area contributed by atoms with E-state index in [9.17, 15) is 18.4 Å². The molecule has 1 fully saturated rings. The third kappa shape index (κ3) is 4.16. The van der Waals surface area contributed by atoms with Crippen molar-refractivity contribution in [3.05, 3.63) is 48.0 Å². The molecule has 1 N–H and O–H groups in total. The highest BCUT2D eigenvalue weighted by atomic mass is 19.2. The monoisotopic (exact) mass is 376 g/mol. The summed E-state index contributed by atoms with van der Waals surface area (Å²) < 4.78 is 37.1. The van der Waals surface area contributed by atoms with Gasteiger partial charge in [-0.25, -0.2) is 8.78 Å². The van der Waals surface area contributed by atoms with E-state index < -0.39 is 17.7 Å². The number of anilines is 1. The average Bonchev–Trinajstić information content (AvgIpc) is 2.97. The summed E-state index contributed by atoms with van der Waals surface area (Å²) in [5.41, 5.74) is 0.393. The zero-order valence-corrected chi connectivity index (χ0v) is 14.8. The summed E-state index contributed by atoms with van der Waals surface area (Å²) >= 11 is 0. The molecule has 8 heteroatoms. The summed E-state index contributed by atoms with van der Waals surface area (Å²) in [4.78, 5) is 25.5. The number of hydrogen-bond acceptors (Lipinski definition) is 4. The number of hydrogen-bond donors (Lipinski definition) is 1. The van der Waals surface area contributed by atoms with Crippen LogP contribution in [0, 0.1) is 11.6 Å². The van der Waals surface area contributed by atoms with E-state index in [-0.39, 0.29) is 23.3 Å². The van der Waals surface area contributed by atoms with Gasteiger partial charge in [-0.1, -0.05) is 0 Å². The quantitative estimate of drug-likeness (QED) is 0.869. The molecule has 2 aromatic rings. The van der Waals surface area contributed by atoms with Crippen LogP contribution in [-0.2, 0) is 9.59 Å². The molecule has 0 radical (unpaired) electrons. The van der Waals surface area contributed by atoms with Crippen LogP contribution in [0.1, 0.15) is 12.8 Å². The topological polar surface area (TPSA) is 67.9 Å². The molecule has 6 nitrogen and oxygen atoms in total. The number of amides is 2. The van der Waals surface area contributed by atoms with Crippen LogP contribution in [-0.4, -0.2) is 36.9 Å². The van der Waals surface area contributed by atoms with E-state index in [2.05, 4.69) is 5.32 Å². The van der Waals surface area contributed by atoms with Crippen LogP contribution >= 0.6 is 0 Å². The van der Waals surface area contributed by atoms with Gasteiger partial charge in [0.25, 0.3) is 0 Å². The van der Waals surface area contributed by atoms with Crippen LogP contribution in [0.5, 0.6) is 17.2 Å². The number of ether oxygens (including phenoxy) is 2. The van der Waals surface area contributed by atoms with Crippen molar-refractivity contribution in [1.29, 1.82) is 0 Å². The van der Waals surface area contributed by atoms with Gasteiger partial charge in [0.1, 0.15) is 23.3 Å². The van der Waals surface area contributed by atoms with E-state index in [0.29, 0.717) is 24.3 Å². The van der Waals surface area contributed by atoms with Crippen LogP contribution in [0.3, 0.4) is 0 Å². The number of benzene rings is 2. The number of likely N-dealkylation sites (N-methyl/N-ethyl adjacent to an activating group) is 1. The highest BCUT2D eigenvalue weighted by Gasteiger charge is 2.33. The maximum atomic E-state index is 13.4. The Kier molecular flexibility index (Phi) is 5.25. The highest BCUT2D eigenvalue weighted by molar-refractivity contribution is 5.99. The second-order valence-electron chi connectivity index (χ2n) is 6.12. The number of likely N-dealkylation sites (tertiary alicyclic amines) is 1. The normalized spacial score (nSPS) is 16.4. The summed E-state index contributed by atoms with van der Waals surface area (Å²) in [7, 11) is 3.04. The molecule has 1 heterocycles. The first kappa shape index (κ1) is 18.6. The van der Waals surface area contributed by atoms with Gasteiger partial charge in [-0.3, -0.25) is 9.59 Å². The van der Waals surface area contributed by atoms with Crippen LogP contribution in [0.25, 0.3) is 0 Å². The largest absolute Gasteiger partial charge is 0.497 e. The van der Waals surface area contributed by atoms with Crippen molar-refractivity contribution in [2.75, 3.05) is 19.5 Å². The molecule has 0 aliphatic carbocycles. The maximum Gasteiger partial charge on any atom is 0.247 e. The first-order valence-corrected chi connectivity index (χ1v) is 8.26. The lowest BCUT2D eigenvalue weighted by atomic mass is 10.2. The Hall–Kier alpha value is -3.16. The molecule has 142 valence electrons. The first-order valence-electron chi connectivity index (χ1n) is 8.26. The summed E-state index contributed by atoms with van der Waals surface area (Å²) in [6.07, 6.45) is 0.778. The van der Waals surface area contributed by atoms with Crippen LogP contribution in [0.2, 0.25) is 0 Å². The second-order valence-corrected chi connectivity index (χ2v) is 6.12. The number of nitrogens with zero attached hydrogens (tertiary/aromatic N) is 1. The number of methoxy groups -OCH3 is 1. The molecule has 0 bridgehead atoms. The number of rotatable bonds is 5. The molecule has 0 aromatic heterocycles. The molecule has 1 saturated heterocycles.